The molecule has 1 aromatic rings. The molecule has 0 heterocycles. The summed E-state index contributed by atoms with van der Waals surface area (Å²) in [6, 6.07) is 5.99. The Hall–Kier alpha value is -1.13. The van der Waals surface area contributed by atoms with Gasteiger partial charge in [0.1, 0.15) is 5.82 Å². The first-order chi connectivity index (χ1) is 9.67. The molecule has 2 N–H and O–H groups in total. The molecule has 0 aromatic heterocycles. The maximum absolute atomic E-state index is 14.4. The van der Waals surface area contributed by atoms with Crippen molar-refractivity contribution in [3.05, 3.63) is 29.6 Å². The standard InChI is InChI=1S/C16H25FN2O/c1-3-18-12(2)13-7-8-16(15(17)11-13)19(9-10-20)14-5-4-6-14/h7-8,11-12,14,18,20H,3-6,9-10H2,1-2H3. The number of nitrogens with one attached hydrogen (secondary N) is 1. The summed E-state index contributed by atoms with van der Waals surface area (Å²) in [7, 11) is 0. The lowest BCUT2D eigenvalue weighted by Crippen LogP contribution is -2.42. The van der Waals surface area contributed by atoms with Crippen LogP contribution in [0.3, 0.4) is 0 Å². The number of nitrogens with zero attached hydrogens (tertiary/aromatic N) is 1. The molecule has 0 bridgehead atoms. The molecule has 0 spiro atoms. The quantitative estimate of drug-likeness (QED) is 0.806. The van der Waals surface area contributed by atoms with Gasteiger partial charge in [-0.3, -0.25) is 0 Å². The molecule has 0 aliphatic heterocycles. The molecule has 1 saturated carbocycles. The zero-order valence-corrected chi connectivity index (χ0v) is 12.4. The molecule has 1 aliphatic carbocycles. The van der Waals surface area contributed by atoms with E-state index in [1.54, 1.807) is 6.07 Å². The Labute approximate surface area is 120 Å². The molecule has 20 heavy (non-hydrogen) atoms. The van der Waals surface area contributed by atoms with Crippen LogP contribution < -0.4 is 10.2 Å². The van der Waals surface area contributed by atoms with Gasteiger partial charge in [-0.25, -0.2) is 4.39 Å². The second-order valence-electron chi connectivity index (χ2n) is 5.49. The Kier molecular flexibility index (Phi) is 5.38. The molecule has 0 saturated heterocycles. The summed E-state index contributed by atoms with van der Waals surface area (Å²) in [4.78, 5) is 2.01. The number of hydrogen-bond donors (Lipinski definition) is 2. The van der Waals surface area contributed by atoms with Crippen LogP contribution in [0, 0.1) is 5.82 Å². The summed E-state index contributed by atoms with van der Waals surface area (Å²) in [5.41, 5.74) is 1.59. The van der Waals surface area contributed by atoms with Crippen molar-refractivity contribution in [2.75, 3.05) is 24.6 Å². The second-order valence-corrected chi connectivity index (χ2v) is 5.49. The summed E-state index contributed by atoms with van der Waals surface area (Å²) >= 11 is 0. The smallest absolute Gasteiger partial charge is 0.146 e. The van der Waals surface area contributed by atoms with Gasteiger partial charge in [-0.1, -0.05) is 13.0 Å². The first-order valence-electron chi connectivity index (χ1n) is 7.57. The average molecular weight is 280 g/mol. The molecule has 112 valence electrons. The van der Waals surface area contributed by atoms with E-state index in [1.807, 2.05) is 30.9 Å². The zero-order chi connectivity index (χ0) is 14.5. The molecule has 1 aromatic carbocycles. The van der Waals surface area contributed by atoms with Crippen molar-refractivity contribution in [3.63, 3.8) is 0 Å². The van der Waals surface area contributed by atoms with Gasteiger partial charge in [0.2, 0.25) is 0 Å². The van der Waals surface area contributed by atoms with E-state index in [-0.39, 0.29) is 18.5 Å². The Bertz CT molecular complexity index is 434. The molecule has 1 atom stereocenters. The van der Waals surface area contributed by atoms with Gasteiger partial charge in [0.25, 0.3) is 0 Å². The van der Waals surface area contributed by atoms with Gasteiger partial charge in [0, 0.05) is 18.6 Å². The number of benzene rings is 1. The Morgan fingerprint density at radius 3 is 2.70 bits per heavy atom. The number of hydrogen-bond acceptors (Lipinski definition) is 3. The van der Waals surface area contributed by atoms with Crippen LogP contribution in [0.4, 0.5) is 10.1 Å². The van der Waals surface area contributed by atoms with Crippen LogP contribution in [0.15, 0.2) is 18.2 Å². The highest BCUT2D eigenvalue weighted by atomic mass is 19.1. The van der Waals surface area contributed by atoms with Crippen molar-refractivity contribution >= 4 is 5.69 Å². The predicted molar refractivity (Wildman–Crippen MR) is 80.6 cm³/mol. The normalized spacial score (nSPS) is 16.8. The highest BCUT2D eigenvalue weighted by Gasteiger charge is 2.26. The third-order valence-corrected chi connectivity index (χ3v) is 4.15. The lowest BCUT2D eigenvalue weighted by molar-refractivity contribution is 0.282. The lowest BCUT2D eigenvalue weighted by atomic mass is 9.91. The monoisotopic (exact) mass is 280 g/mol. The fourth-order valence-corrected chi connectivity index (χ4v) is 2.76. The van der Waals surface area contributed by atoms with Crippen LogP contribution in [0.2, 0.25) is 0 Å². The van der Waals surface area contributed by atoms with Crippen LogP contribution in [0.5, 0.6) is 0 Å². The number of rotatable bonds is 7. The van der Waals surface area contributed by atoms with Crippen molar-refractivity contribution in [1.82, 2.24) is 5.32 Å². The largest absolute Gasteiger partial charge is 0.395 e. The Balaban J connectivity index is 2.18. The topological polar surface area (TPSA) is 35.5 Å². The molecule has 4 heteroatoms. The van der Waals surface area contributed by atoms with Crippen LogP contribution in [0.25, 0.3) is 0 Å². The summed E-state index contributed by atoms with van der Waals surface area (Å²) in [5, 5.41) is 12.5. The van der Waals surface area contributed by atoms with Crippen molar-refractivity contribution in [1.29, 1.82) is 0 Å². The summed E-state index contributed by atoms with van der Waals surface area (Å²) in [6.07, 6.45) is 3.38. The highest BCUT2D eigenvalue weighted by molar-refractivity contribution is 5.51. The van der Waals surface area contributed by atoms with Crippen LogP contribution >= 0.6 is 0 Å². The summed E-state index contributed by atoms with van der Waals surface area (Å²) in [5.74, 6) is -0.187. The molecule has 0 amide bonds. The van der Waals surface area contributed by atoms with E-state index in [0.29, 0.717) is 18.3 Å². The average Bonchev–Trinajstić information content (AvgIpc) is 2.36. The Morgan fingerprint density at radius 2 is 2.20 bits per heavy atom. The van der Waals surface area contributed by atoms with E-state index >= 15 is 0 Å². The maximum atomic E-state index is 14.4. The molecule has 2 rings (SSSR count). The molecular weight excluding hydrogens is 255 g/mol. The minimum Gasteiger partial charge on any atom is -0.395 e. The Morgan fingerprint density at radius 1 is 1.45 bits per heavy atom. The van der Waals surface area contributed by atoms with Gasteiger partial charge >= 0.3 is 0 Å². The molecular formula is C16H25FN2O. The highest BCUT2D eigenvalue weighted by Crippen LogP contribution is 2.32. The lowest BCUT2D eigenvalue weighted by Gasteiger charge is -2.39. The molecule has 1 fully saturated rings. The van der Waals surface area contributed by atoms with E-state index in [0.717, 1.165) is 24.9 Å². The van der Waals surface area contributed by atoms with Gasteiger partial charge in [-0.05, 0) is 50.4 Å². The minimum absolute atomic E-state index is 0.0610. The van der Waals surface area contributed by atoms with E-state index < -0.39 is 0 Å². The number of halogens is 1. The van der Waals surface area contributed by atoms with E-state index in [4.69, 9.17) is 0 Å². The van der Waals surface area contributed by atoms with Gasteiger partial charge in [-0.15, -0.1) is 0 Å². The molecule has 1 unspecified atom stereocenters. The molecule has 1 aliphatic rings. The zero-order valence-electron chi connectivity index (χ0n) is 12.4. The van der Waals surface area contributed by atoms with Crippen molar-refractivity contribution in [3.8, 4) is 0 Å². The van der Waals surface area contributed by atoms with Crippen LogP contribution in [-0.4, -0.2) is 30.8 Å². The number of aliphatic hydroxyl groups excluding tert-OH is 1. The van der Waals surface area contributed by atoms with Crippen molar-refractivity contribution < 1.29 is 9.50 Å². The van der Waals surface area contributed by atoms with Crippen LogP contribution in [0.1, 0.15) is 44.7 Å². The predicted octanol–water partition coefficient (Wildman–Crippen LogP) is 2.85. The van der Waals surface area contributed by atoms with Gasteiger partial charge in [0.15, 0.2) is 0 Å². The van der Waals surface area contributed by atoms with E-state index in [2.05, 4.69) is 5.32 Å². The molecule has 3 nitrogen and oxygen atoms in total. The fraction of sp³-hybridized carbons (Fsp3) is 0.625. The van der Waals surface area contributed by atoms with Gasteiger partial charge in [-0.2, -0.15) is 0 Å². The third-order valence-electron chi connectivity index (χ3n) is 4.15. The number of anilines is 1. The third kappa shape index (κ3) is 3.30. The summed E-state index contributed by atoms with van der Waals surface area (Å²) < 4.78 is 14.4. The molecule has 0 radical (unpaired) electrons. The van der Waals surface area contributed by atoms with E-state index in [1.165, 1.54) is 6.42 Å². The first kappa shape index (κ1) is 15.3. The van der Waals surface area contributed by atoms with Gasteiger partial charge in [0.05, 0.1) is 12.3 Å². The second kappa shape index (κ2) is 7.04. The first-order valence-corrected chi connectivity index (χ1v) is 7.57. The summed E-state index contributed by atoms with van der Waals surface area (Å²) in [6.45, 7) is 5.51. The van der Waals surface area contributed by atoms with Crippen molar-refractivity contribution in [2.24, 2.45) is 0 Å². The number of aliphatic hydroxyl groups is 1. The SMILES string of the molecule is CCNC(C)c1ccc(N(CCO)C2CCC2)c(F)c1. The minimum atomic E-state index is -0.187. The van der Waals surface area contributed by atoms with Crippen LogP contribution in [-0.2, 0) is 0 Å². The van der Waals surface area contributed by atoms with Gasteiger partial charge < -0.3 is 15.3 Å². The van der Waals surface area contributed by atoms with E-state index in [9.17, 15) is 9.50 Å². The fourth-order valence-electron chi connectivity index (χ4n) is 2.76. The maximum Gasteiger partial charge on any atom is 0.146 e. The van der Waals surface area contributed by atoms with Crippen molar-refractivity contribution in [2.45, 2.75) is 45.2 Å².